The molecule has 3 aromatic carbocycles. The predicted octanol–water partition coefficient (Wildman–Crippen LogP) is 8.69. The van der Waals surface area contributed by atoms with E-state index in [1.165, 1.54) is 16.7 Å². The molecular weight excluding hydrogens is 391 g/mol. The molecule has 0 amide bonds. The van der Waals surface area contributed by atoms with Crippen LogP contribution in [0.1, 0.15) is 54.9 Å². The molecule has 0 saturated carbocycles. The molecule has 0 aliphatic heterocycles. The van der Waals surface area contributed by atoms with Crippen LogP contribution in [0.2, 0.25) is 0 Å². The fourth-order valence-corrected chi connectivity index (χ4v) is 4.02. The number of hydrogen-bond acceptors (Lipinski definition) is 0. The fourth-order valence-electron chi connectivity index (χ4n) is 4.02. The fraction of sp³-hybridized carbons (Fsp3) is 0.290. The Kier molecular flexibility index (Phi) is 9.50. The SMILES string of the molecule is C=CCCc1ccc(CCCCc2ccc(-c3ccc(CC/C=C/C)cc3)c(F)c2)cc1. The van der Waals surface area contributed by atoms with Gasteiger partial charge in [-0.05, 0) is 92.2 Å². The number of hydrogen-bond donors (Lipinski definition) is 0. The Balaban J connectivity index is 1.48. The van der Waals surface area contributed by atoms with Crippen LogP contribution < -0.4 is 0 Å². The maximum absolute atomic E-state index is 14.8. The smallest absolute Gasteiger partial charge is 0.131 e. The van der Waals surface area contributed by atoms with Crippen LogP contribution in [-0.2, 0) is 25.7 Å². The summed E-state index contributed by atoms with van der Waals surface area (Å²) in [6.07, 6.45) is 14.5. The summed E-state index contributed by atoms with van der Waals surface area (Å²) < 4.78 is 14.8. The summed E-state index contributed by atoms with van der Waals surface area (Å²) in [5.74, 6) is -0.126. The number of allylic oxidation sites excluding steroid dienone is 3. The molecule has 1 heteroatoms. The van der Waals surface area contributed by atoms with Crippen molar-refractivity contribution >= 4 is 0 Å². The summed E-state index contributed by atoms with van der Waals surface area (Å²) in [5, 5.41) is 0. The molecule has 3 rings (SSSR count). The van der Waals surface area contributed by atoms with E-state index in [-0.39, 0.29) is 5.82 Å². The predicted molar refractivity (Wildman–Crippen MR) is 137 cm³/mol. The van der Waals surface area contributed by atoms with Gasteiger partial charge in [-0.2, -0.15) is 0 Å². The van der Waals surface area contributed by atoms with Gasteiger partial charge >= 0.3 is 0 Å². The van der Waals surface area contributed by atoms with Crippen molar-refractivity contribution < 1.29 is 4.39 Å². The Labute approximate surface area is 193 Å². The highest BCUT2D eigenvalue weighted by atomic mass is 19.1. The van der Waals surface area contributed by atoms with Gasteiger partial charge in [0.05, 0.1) is 0 Å². The average Bonchev–Trinajstić information content (AvgIpc) is 2.82. The van der Waals surface area contributed by atoms with Gasteiger partial charge in [0.15, 0.2) is 0 Å². The standard InChI is InChI=1S/C31H35F/c1-3-5-7-11-27-18-21-29(22-19-27)30-23-20-28(24-31(30)32)13-9-8-12-26-16-14-25(15-17-26)10-6-4-2/h3-5,14-24H,2,6-13H2,1H3/b5-3+. The lowest BCUT2D eigenvalue weighted by Crippen LogP contribution is -1.93. The largest absolute Gasteiger partial charge is 0.206 e. The van der Waals surface area contributed by atoms with E-state index in [1.54, 1.807) is 6.07 Å². The Morgan fingerprint density at radius 1 is 0.688 bits per heavy atom. The third-order valence-corrected chi connectivity index (χ3v) is 5.97. The second kappa shape index (κ2) is 12.8. The van der Waals surface area contributed by atoms with Crippen LogP contribution in [0.25, 0.3) is 11.1 Å². The maximum atomic E-state index is 14.8. The highest BCUT2D eigenvalue weighted by Gasteiger charge is 2.07. The van der Waals surface area contributed by atoms with Gasteiger partial charge in [-0.1, -0.05) is 78.9 Å². The van der Waals surface area contributed by atoms with Crippen LogP contribution in [0, 0.1) is 5.82 Å². The third-order valence-electron chi connectivity index (χ3n) is 5.97. The van der Waals surface area contributed by atoms with E-state index in [4.69, 9.17) is 0 Å². The first-order valence-corrected chi connectivity index (χ1v) is 11.9. The summed E-state index contributed by atoms with van der Waals surface area (Å²) in [5.41, 5.74) is 6.74. The van der Waals surface area contributed by atoms with E-state index in [0.29, 0.717) is 5.56 Å². The minimum atomic E-state index is -0.126. The van der Waals surface area contributed by atoms with Gasteiger partial charge in [0.25, 0.3) is 0 Å². The minimum Gasteiger partial charge on any atom is -0.206 e. The maximum Gasteiger partial charge on any atom is 0.131 e. The van der Waals surface area contributed by atoms with Gasteiger partial charge in [-0.3, -0.25) is 0 Å². The molecule has 32 heavy (non-hydrogen) atoms. The molecule has 0 spiro atoms. The van der Waals surface area contributed by atoms with Gasteiger partial charge < -0.3 is 0 Å². The highest BCUT2D eigenvalue weighted by Crippen LogP contribution is 2.25. The van der Waals surface area contributed by atoms with Crippen LogP contribution in [0.15, 0.2) is 91.5 Å². The molecule has 0 saturated heterocycles. The van der Waals surface area contributed by atoms with Crippen LogP contribution >= 0.6 is 0 Å². The summed E-state index contributed by atoms with van der Waals surface area (Å²) in [7, 11) is 0. The van der Waals surface area contributed by atoms with Gasteiger partial charge in [0, 0.05) is 5.56 Å². The molecule has 0 aromatic heterocycles. The van der Waals surface area contributed by atoms with Gasteiger partial charge in [0.1, 0.15) is 5.82 Å². The van der Waals surface area contributed by atoms with Crippen LogP contribution in [0.5, 0.6) is 0 Å². The Morgan fingerprint density at radius 3 is 1.81 bits per heavy atom. The molecule has 3 aromatic rings. The first-order chi connectivity index (χ1) is 15.7. The van der Waals surface area contributed by atoms with Gasteiger partial charge in [-0.25, -0.2) is 4.39 Å². The molecule has 0 radical (unpaired) electrons. The average molecular weight is 427 g/mol. The summed E-state index contributed by atoms with van der Waals surface area (Å²) in [4.78, 5) is 0. The number of unbranched alkanes of at least 4 members (excludes halogenated alkanes) is 1. The lowest BCUT2D eigenvalue weighted by molar-refractivity contribution is 0.627. The van der Waals surface area contributed by atoms with Crippen LogP contribution in [0.4, 0.5) is 4.39 Å². The molecule has 0 fully saturated rings. The zero-order chi connectivity index (χ0) is 22.6. The van der Waals surface area contributed by atoms with E-state index < -0.39 is 0 Å². The van der Waals surface area contributed by atoms with E-state index in [2.05, 4.69) is 61.2 Å². The van der Waals surface area contributed by atoms with E-state index in [1.807, 2.05) is 31.2 Å². The normalized spacial score (nSPS) is 11.2. The van der Waals surface area contributed by atoms with Gasteiger partial charge in [0.2, 0.25) is 0 Å². The molecule has 0 N–H and O–H groups in total. The number of halogens is 1. The first kappa shape index (κ1) is 23.7. The summed E-state index contributed by atoms with van der Waals surface area (Å²) in [6.45, 7) is 5.82. The van der Waals surface area contributed by atoms with E-state index >= 15 is 0 Å². The van der Waals surface area contributed by atoms with E-state index in [9.17, 15) is 4.39 Å². The van der Waals surface area contributed by atoms with Crippen LogP contribution in [0.3, 0.4) is 0 Å². The van der Waals surface area contributed by atoms with Crippen molar-refractivity contribution in [3.8, 4) is 11.1 Å². The molecule has 0 aliphatic rings. The Morgan fingerprint density at radius 2 is 1.22 bits per heavy atom. The van der Waals surface area contributed by atoms with Gasteiger partial charge in [-0.15, -0.1) is 6.58 Å². The molecule has 0 heterocycles. The number of benzene rings is 3. The van der Waals surface area contributed by atoms with Crippen LogP contribution in [-0.4, -0.2) is 0 Å². The van der Waals surface area contributed by atoms with Crippen molar-refractivity contribution in [1.82, 2.24) is 0 Å². The van der Waals surface area contributed by atoms with E-state index in [0.717, 1.165) is 62.5 Å². The first-order valence-electron chi connectivity index (χ1n) is 11.9. The monoisotopic (exact) mass is 426 g/mol. The van der Waals surface area contributed by atoms with Crippen molar-refractivity contribution in [3.63, 3.8) is 0 Å². The lowest BCUT2D eigenvalue weighted by Gasteiger charge is -2.08. The minimum absolute atomic E-state index is 0.126. The highest BCUT2D eigenvalue weighted by molar-refractivity contribution is 5.64. The molecule has 0 unspecified atom stereocenters. The second-order valence-electron chi connectivity index (χ2n) is 8.47. The molecule has 0 bridgehead atoms. The van der Waals surface area contributed by atoms with Crippen molar-refractivity contribution in [3.05, 3.63) is 120 Å². The summed E-state index contributed by atoms with van der Waals surface area (Å²) in [6, 6.07) is 22.9. The topological polar surface area (TPSA) is 0 Å². The molecule has 166 valence electrons. The van der Waals surface area contributed by atoms with Crippen molar-refractivity contribution in [2.24, 2.45) is 0 Å². The van der Waals surface area contributed by atoms with Crippen molar-refractivity contribution in [1.29, 1.82) is 0 Å². The molecule has 0 aliphatic carbocycles. The summed E-state index contributed by atoms with van der Waals surface area (Å²) >= 11 is 0. The van der Waals surface area contributed by atoms with Crippen molar-refractivity contribution in [2.75, 3.05) is 0 Å². The zero-order valence-electron chi connectivity index (χ0n) is 19.3. The zero-order valence-corrected chi connectivity index (χ0v) is 19.3. The van der Waals surface area contributed by atoms with Crippen molar-refractivity contribution in [2.45, 2.75) is 58.3 Å². The lowest BCUT2D eigenvalue weighted by atomic mass is 9.98. The Bertz CT molecular complexity index is 994. The second-order valence-corrected chi connectivity index (χ2v) is 8.47. The molecule has 0 atom stereocenters. The third kappa shape index (κ3) is 7.34. The molecule has 0 nitrogen and oxygen atoms in total. The number of aryl methyl sites for hydroxylation is 4. The quantitative estimate of drug-likeness (QED) is 0.201. The molecular formula is C31H35F. The Hall–Kier alpha value is -2.93. The number of rotatable bonds is 12.